The van der Waals surface area contributed by atoms with Gasteiger partial charge in [0.2, 0.25) is 0 Å². The molecule has 10 aromatic rings. The fourth-order valence-electron chi connectivity index (χ4n) is 19.6. The number of unbranched alkanes of at least 4 members (excludes halogenated alkanes) is 30. The molecule has 16 nitrogen and oxygen atoms in total. The van der Waals surface area contributed by atoms with Crippen LogP contribution in [-0.4, -0.2) is 92.7 Å². The summed E-state index contributed by atoms with van der Waals surface area (Å²) in [5.74, 6) is 6.06. The molecule has 0 amide bonds. The summed E-state index contributed by atoms with van der Waals surface area (Å²) in [5.41, 5.74) is 21.6. The zero-order valence-corrected chi connectivity index (χ0v) is 84.1. The number of nitrogens with zero attached hydrogens (tertiary/aromatic N) is 4. The number of H-pyrrole nitrogens is 4. The van der Waals surface area contributed by atoms with E-state index in [1.54, 1.807) is 0 Å². The van der Waals surface area contributed by atoms with Gasteiger partial charge in [0, 0.05) is 102 Å². The molecule has 0 fully saturated rings. The van der Waals surface area contributed by atoms with Gasteiger partial charge >= 0.3 is 0 Å². The molecule has 11 heterocycles. The van der Waals surface area contributed by atoms with Crippen LogP contribution in [0.5, 0.6) is 46.0 Å². The van der Waals surface area contributed by atoms with E-state index in [1.165, 1.54) is 167 Å². The van der Waals surface area contributed by atoms with Gasteiger partial charge < -0.3 is 57.8 Å². The number of benzene rings is 4. The van der Waals surface area contributed by atoms with Gasteiger partial charge in [-0.3, -0.25) is 0 Å². The van der Waals surface area contributed by atoms with Crippen LogP contribution in [0.4, 0.5) is 0 Å². The first-order valence-electron chi connectivity index (χ1n) is 54.1. The lowest BCUT2D eigenvalue weighted by atomic mass is 10.0. The van der Waals surface area contributed by atoms with Crippen molar-refractivity contribution in [3.8, 4) is 102 Å². The Bertz CT molecular complexity index is 5600. The number of hydrogen-bond acceptors (Lipinski definition) is 12. The Hall–Kier alpha value is -11.5. The zero-order valence-electron chi connectivity index (χ0n) is 84.1. The fraction of sp³-hybridized carbons (Fsp3) is 0.475. The van der Waals surface area contributed by atoms with Crippen LogP contribution in [0.25, 0.3) is 148 Å². The van der Waals surface area contributed by atoms with E-state index in [0.29, 0.717) is 64.2 Å². The normalized spacial score (nSPS) is 13.2. The summed E-state index contributed by atoms with van der Waals surface area (Å²) in [6.07, 6.45) is 67.7. The summed E-state index contributed by atoms with van der Waals surface area (Å²) in [4.78, 5) is 39.8. The first-order chi connectivity index (χ1) is 68.2. The number of fused-ring (bicyclic) bond motifs is 23. The Balaban J connectivity index is 1.03. The van der Waals surface area contributed by atoms with Crippen molar-refractivity contribution in [3.63, 3.8) is 0 Å². The maximum Gasteiger partial charge on any atom is 0.123 e. The third-order valence-electron chi connectivity index (χ3n) is 27.3. The third kappa shape index (κ3) is 29.5. The van der Waals surface area contributed by atoms with Crippen LogP contribution >= 0.6 is 0 Å². The van der Waals surface area contributed by atoms with E-state index in [0.717, 1.165) is 296 Å². The molecule has 0 aliphatic carbocycles. The third-order valence-corrected chi connectivity index (χ3v) is 27.3. The minimum Gasteiger partial charge on any atom is -0.493 e. The number of ether oxygens (including phenoxy) is 8. The first kappa shape index (κ1) is 101. The lowest BCUT2D eigenvalue weighted by molar-refractivity contribution is 0.288. The highest BCUT2D eigenvalue weighted by Gasteiger charge is 2.26. The molecule has 24 bridgehead atoms. The zero-order chi connectivity index (χ0) is 94.9. The summed E-state index contributed by atoms with van der Waals surface area (Å²) < 4.78 is 55.3. The Morgan fingerprint density at radius 2 is 0.449 bits per heavy atom. The Labute approximate surface area is 823 Å². The summed E-state index contributed by atoms with van der Waals surface area (Å²) >= 11 is 0. The minimum absolute atomic E-state index is 0.579. The van der Waals surface area contributed by atoms with E-state index in [-0.39, 0.29) is 0 Å². The van der Waals surface area contributed by atoms with E-state index in [4.69, 9.17) is 57.8 Å². The van der Waals surface area contributed by atoms with Gasteiger partial charge in [-0.05, 0) is 231 Å². The van der Waals surface area contributed by atoms with Crippen molar-refractivity contribution < 1.29 is 37.9 Å². The average molecular weight is 1860 g/mol. The molecular formula is C122H156N8O8. The van der Waals surface area contributed by atoms with Crippen molar-refractivity contribution in [1.29, 1.82) is 0 Å². The molecule has 0 saturated carbocycles. The maximum absolute atomic E-state index is 6.95. The molecule has 4 N–H and O–H groups in total. The number of rotatable bonds is 50. The largest absolute Gasteiger partial charge is 0.493 e. The van der Waals surface area contributed by atoms with E-state index >= 15 is 0 Å². The van der Waals surface area contributed by atoms with Gasteiger partial charge in [-0.25, -0.2) is 19.9 Å². The number of aromatic amines is 4. The van der Waals surface area contributed by atoms with E-state index in [9.17, 15) is 0 Å². The number of nitrogens with one attached hydrogen (secondary N) is 4. The van der Waals surface area contributed by atoms with Crippen molar-refractivity contribution in [3.05, 3.63) is 179 Å². The predicted molar refractivity (Wildman–Crippen MR) is 580 cm³/mol. The van der Waals surface area contributed by atoms with Crippen molar-refractivity contribution in [2.75, 3.05) is 52.9 Å². The van der Waals surface area contributed by atoms with Gasteiger partial charge in [0.15, 0.2) is 0 Å². The Kier molecular flexibility index (Phi) is 40.0. The Morgan fingerprint density at radius 3 is 0.754 bits per heavy atom. The van der Waals surface area contributed by atoms with Crippen LogP contribution in [0.1, 0.15) is 370 Å². The Morgan fingerprint density at radius 1 is 0.217 bits per heavy atom. The van der Waals surface area contributed by atoms with Crippen LogP contribution in [-0.2, 0) is 0 Å². The monoisotopic (exact) mass is 1860 g/mol. The topological polar surface area (TPSA) is 189 Å². The predicted octanol–water partition coefficient (Wildman–Crippen LogP) is 35.3. The highest BCUT2D eigenvalue weighted by Crippen LogP contribution is 2.46. The van der Waals surface area contributed by atoms with Gasteiger partial charge in [-0.15, -0.1) is 0 Å². The maximum atomic E-state index is 6.95. The van der Waals surface area contributed by atoms with Crippen LogP contribution in [0, 0.1) is 0 Å². The molecule has 6 aromatic heterocycles. The molecule has 5 aliphatic rings. The minimum atomic E-state index is 0.579. The second-order valence-corrected chi connectivity index (χ2v) is 38.7. The molecular weight excluding hydrogens is 1710 g/mol. The molecule has 16 heteroatoms. The lowest BCUT2D eigenvalue weighted by Gasteiger charge is -2.14. The van der Waals surface area contributed by atoms with Gasteiger partial charge in [0.1, 0.15) is 46.0 Å². The molecule has 0 atom stereocenters. The molecule has 0 unspecified atom stereocenters. The van der Waals surface area contributed by atoms with Gasteiger partial charge in [-0.1, -0.05) is 273 Å². The summed E-state index contributed by atoms with van der Waals surface area (Å²) in [7, 11) is 0. The van der Waals surface area contributed by atoms with Crippen LogP contribution in [0.2, 0.25) is 0 Å². The quantitative estimate of drug-likeness (QED) is 0.0265. The SMILES string of the molecule is CCCCCCCCOc1cc(OCCCCCCCC)cc(-c2c3nc(c4c5ccc([nH]5)c(c5nc(cc6ccc2[nH]6)C=C5)-c2cc(OCCCCCCCC)cc(c2)OCCCCCCCCCCOc2cc(OCCCCCCCC)cc(c2)-c2c5nc(cc6ccc([nH]6)c(-c6cc(OCCCCCCCC)cc(OCCCCCCCC)c6)c6nc(c-4c4ccc2[nH]4)C=C6)C=C5)C=C3)c1. The molecule has 732 valence electrons. The number of hydrogen-bond donors (Lipinski definition) is 4. The second-order valence-electron chi connectivity index (χ2n) is 38.7. The van der Waals surface area contributed by atoms with Crippen molar-refractivity contribution in [2.24, 2.45) is 0 Å². The molecule has 15 rings (SSSR count). The molecule has 138 heavy (non-hydrogen) atoms. The summed E-state index contributed by atoms with van der Waals surface area (Å²) in [5, 5.41) is 0. The van der Waals surface area contributed by atoms with Gasteiger partial charge in [0.05, 0.1) is 98.4 Å². The summed E-state index contributed by atoms with van der Waals surface area (Å²) in [6, 6.07) is 47.8. The highest BCUT2D eigenvalue weighted by atomic mass is 16.5. The fourth-order valence-corrected chi connectivity index (χ4v) is 19.6. The molecule has 0 spiro atoms. The van der Waals surface area contributed by atoms with Crippen LogP contribution < -0.4 is 37.9 Å². The van der Waals surface area contributed by atoms with Gasteiger partial charge in [0.25, 0.3) is 0 Å². The molecule has 0 saturated heterocycles. The summed E-state index contributed by atoms with van der Waals surface area (Å²) in [6.45, 7) is 18.4. The number of aromatic nitrogens is 8. The van der Waals surface area contributed by atoms with E-state index in [2.05, 4.69) is 244 Å². The van der Waals surface area contributed by atoms with Crippen molar-refractivity contribution in [1.82, 2.24) is 39.9 Å². The lowest BCUT2D eigenvalue weighted by Crippen LogP contribution is -2.01. The first-order valence-corrected chi connectivity index (χ1v) is 54.1. The van der Waals surface area contributed by atoms with E-state index < -0.39 is 0 Å². The van der Waals surface area contributed by atoms with Crippen LogP contribution in [0.3, 0.4) is 0 Å². The van der Waals surface area contributed by atoms with Crippen LogP contribution in [0.15, 0.2) is 133 Å². The highest BCUT2D eigenvalue weighted by molar-refractivity contribution is 6.05. The molecule has 5 aliphatic heterocycles. The van der Waals surface area contributed by atoms with Crippen molar-refractivity contribution >= 4 is 92.7 Å². The van der Waals surface area contributed by atoms with E-state index in [1.807, 2.05) is 0 Å². The molecule has 4 aromatic carbocycles. The smallest absolute Gasteiger partial charge is 0.123 e. The molecule has 0 radical (unpaired) electrons. The van der Waals surface area contributed by atoms with Crippen molar-refractivity contribution in [2.45, 2.75) is 324 Å². The second kappa shape index (κ2) is 54.7. The standard InChI is InChI=1S/C122H156N8O8/c1-7-13-19-25-35-43-67-131-97-75-89(76-98(85-97)132-68-44-36-26-20-14-8-2)117-105-55-51-93(123-105)83-95-53-57-107(125-95)119-91-79-101(135-71-47-39-29-23-17-11-5)87-103(81-91)137-73-49-41-33-31-32-34-42-50-74-138-104-82-92(80-102(88-104)136-72-48-40-30-24-18-12-6)120-108-58-54-96(126-108)84-94-52-56-106(124-94)118(90-77-99(133-69-45-37-27-21-15-9-3)86-100(78-90)134-70-46-38-28-22-16-10-4)110-60-64-114(128-110)122(116-66-62-112(120)130-116)121(113-63-59-109(117)127-113)115-65-61-111(119)129-115/h51-66,75-88,123-124,129-130H,7-50,67-74H2,1-6H3. The van der Waals surface area contributed by atoms with Gasteiger partial charge in [-0.2, -0.15) is 0 Å². The average Bonchev–Trinajstić information content (AvgIpc) is 1.60.